The van der Waals surface area contributed by atoms with Gasteiger partial charge in [-0.3, -0.25) is 14.9 Å². The lowest BCUT2D eigenvalue weighted by atomic mass is 9.81. The first-order chi connectivity index (χ1) is 13.9. The number of thiophene rings is 2. The molecule has 0 bridgehead atoms. The van der Waals surface area contributed by atoms with Crippen LogP contribution in [0.15, 0.2) is 18.2 Å². The molecule has 3 rings (SSSR count). The largest absolute Gasteiger partial charge is 0.465 e. The molecular formula is C20H23N3O5S2. The standard InChI is InChI=1S/C20H23N3O5S2/c1-19(2)10-12-15(18(25)28-5)17(30-16(12)20(3,4)22-19)21-13(24)8-6-11-7-9-14(29-11)23(26)27/h6-9,22H,10H2,1-5H3,(H,21,24)/b8-6+. The predicted octanol–water partition coefficient (Wildman–Crippen LogP) is 4.32. The van der Waals surface area contributed by atoms with E-state index >= 15 is 0 Å². The number of fused-ring (bicyclic) bond motifs is 1. The van der Waals surface area contributed by atoms with Crippen LogP contribution in [0.25, 0.3) is 6.08 Å². The lowest BCUT2D eigenvalue weighted by Gasteiger charge is -2.42. The van der Waals surface area contributed by atoms with Crippen molar-refractivity contribution in [2.24, 2.45) is 0 Å². The molecule has 0 aliphatic carbocycles. The van der Waals surface area contributed by atoms with Gasteiger partial charge in [0.15, 0.2) is 0 Å². The number of rotatable bonds is 5. The number of nitrogens with zero attached hydrogens (tertiary/aromatic N) is 1. The van der Waals surface area contributed by atoms with Gasteiger partial charge in [-0.05, 0) is 51.8 Å². The first-order valence-electron chi connectivity index (χ1n) is 9.20. The first kappa shape index (κ1) is 22.1. The van der Waals surface area contributed by atoms with Crippen LogP contribution in [0.1, 0.15) is 53.4 Å². The van der Waals surface area contributed by atoms with Crippen molar-refractivity contribution in [3.63, 3.8) is 0 Å². The van der Waals surface area contributed by atoms with Crippen LogP contribution in [0.4, 0.5) is 10.0 Å². The highest BCUT2D eigenvalue weighted by Gasteiger charge is 2.42. The molecular weight excluding hydrogens is 426 g/mol. The lowest BCUT2D eigenvalue weighted by molar-refractivity contribution is -0.380. The van der Waals surface area contributed by atoms with Gasteiger partial charge in [0, 0.05) is 33.0 Å². The van der Waals surface area contributed by atoms with E-state index in [2.05, 4.69) is 24.5 Å². The molecule has 0 saturated heterocycles. The maximum Gasteiger partial charge on any atom is 0.341 e. The fourth-order valence-corrected chi connectivity index (χ4v) is 5.77. The highest BCUT2D eigenvalue weighted by molar-refractivity contribution is 7.17. The van der Waals surface area contributed by atoms with Gasteiger partial charge in [0.2, 0.25) is 5.91 Å². The summed E-state index contributed by atoms with van der Waals surface area (Å²) in [5, 5.41) is 17.6. The first-order valence-corrected chi connectivity index (χ1v) is 10.8. The van der Waals surface area contributed by atoms with E-state index in [1.165, 1.54) is 36.7 Å². The van der Waals surface area contributed by atoms with Crippen LogP contribution in [-0.2, 0) is 21.5 Å². The zero-order valence-corrected chi connectivity index (χ0v) is 19.0. The van der Waals surface area contributed by atoms with Crippen LogP contribution in [0.2, 0.25) is 0 Å². The van der Waals surface area contributed by atoms with Gasteiger partial charge in [-0.15, -0.1) is 11.3 Å². The number of esters is 1. The summed E-state index contributed by atoms with van der Waals surface area (Å²) in [7, 11) is 1.32. The number of carbonyl (C=O) groups is 2. The van der Waals surface area contributed by atoms with E-state index in [9.17, 15) is 19.7 Å². The number of ether oxygens (including phenoxy) is 1. The van der Waals surface area contributed by atoms with Gasteiger partial charge in [0.1, 0.15) is 5.00 Å². The van der Waals surface area contributed by atoms with Gasteiger partial charge in [-0.25, -0.2) is 4.79 Å². The molecule has 2 aromatic rings. The highest BCUT2D eigenvalue weighted by Crippen LogP contribution is 2.45. The molecule has 0 saturated carbocycles. The van der Waals surface area contributed by atoms with Crippen molar-refractivity contribution in [3.05, 3.63) is 49.2 Å². The van der Waals surface area contributed by atoms with E-state index in [1.54, 1.807) is 6.07 Å². The summed E-state index contributed by atoms with van der Waals surface area (Å²) in [6.07, 6.45) is 3.42. The van der Waals surface area contributed by atoms with E-state index in [4.69, 9.17) is 4.74 Å². The minimum absolute atomic E-state index is 0.00585. The molecule has 0 aromatic carbocycles. The molecule has 2 N–H and O–H groups in total. The van der Waals surface area contributed by atoms with Crippen molar-refractivity contribution in [1.29, 1.82) is 0 Å². The summed E-state index contributed by atoms with van der Waals surface area (Å²) in [5.74, 6) is -0.922. The van der Waals surface area contributed by atoms with E-state index in [1.807, 2.05) is 13.8 Å². The smallest absolute Gasteiger partial charge is 0.341 e. The van der Waals surface area contributed by atoms with Gasteiger partial charge in [0.25, 0.3) is 0 Å². The maximum absolute atomic E-state index is 12.5. The van der Waals surface area contributed by atoms with Crippen LogP contribution in [0.5, 0.6) is 0 Å². The Bertz CT molecular complexity index is 1050. The van der Waals surface area contributed by atoms with Gasteiger partial charge in [0.05, 0.1) is 17.6 Å². The number of anilines is 1. The summed E-state index contributed by atoms with van der Waals surface area (Å²) in [5.41, 5.74) is 0.664. The zero-order chi connectivity index (χ0) is 22.3. The van der Waals surface area contributed by atoms with Crippen LogP contribution < -0.4 is 10.6 Å². The number of amides is 1. The van der Waals surface area contributed by atoms with E-state index in [0.29, 0.717) is 21.9 Å². The van der Waals surface area contributed by atoms with Crippen molar-refractivity contribution in [2.45, 2.75) is 45.2 Å². The zero-order valence-electron chi connectivity index (χ0n) is 17.3. The molecule has 10 heteroatoms. The number of hydrogen-bond acceptors (Lipinski definition) is 8. The van der Waals surface area contributed by atoms with Gasteiger partial charge in [-0.1, -0.05) is 11.3 Å². The quantitative estimate of drug-likeness (QED) is 0.304. The molecule has 1 amide bonds. The third-order valence-corrected chi connectivity index (χ3v) is 7.14. The molecule has 30 heavy (non-hydrogen) atoms. The number of carbonyl (C=O) groups excluding carboxylic acids is 2. The maximum atomic E-state index is 12.5. The fraction of sp³-hybridized carbons (Fsp3) is 0.400. The Hall–Kier alpha value is -2.56. The third kappa shape index (κ3) is 4.45. The van der Waals surface area contributed by atoms with Gasteiger partial charge < -0.3 is 15.4 Å². The van der Waals surface area contributed by atoms with E-state index < -0.39 is 16.8 Å². The second kappa shape index (κ2) is 7.93. The molecule has 160 valence electrons. The summed E-state index contributed by atoms with van der Waals surface area (Å²) < 4.78 is 4.99. The second-order valence-corrected chi connectivity index (χ2v) is 10.3. The minimum atomic E-state index is -0.492. The molecule has 1 aliphatic rings. The van der Waals surface area contributed by atoms with Crippen LogP contribution in [0.3, 0.4) is 0 Å². The SMILES string of the molecule is COC(=O)c1c(NC(=O)/C=C/c2ccc([N+](=O)[O-])s2)sc2c1CC(C)(C)NC2(C)C. The Balaban J connectivity index is 1.91. The van der Waals surface area contributed by atoms with E-state index in [-0.39, 0.29) is 16.1 Å². The number of hydrogen-bond donors (Lipinski definition) is 2. The minimum Gasteiger partial charge on any atom is -0.465 e. The second-order valence-electron chi connectivity index (χ2n) is 8.17. The van der Waals surface area contributed by atoms with Crippen molar-refractivity contribution in [1.82, 2.24) is 5.32 Å². The van der Waals surface area contributed by atoms with Crippen molar-refractivity contribution in [2.75, 3.05) is 12.4 Å². The molecule has 8 nitrogen and oxygen atoms in total. The summed E-state index contributed by atoms with van der Waals surface area (Å²) in [4.78, 5) is 36.9. The predicted molar refractivity (Wildman–Crippen MR) is 118 cm³/mol. The average molecular weight is 450 g/mol. The Morgan fingerprint density at radius 3 is 2.57 bits per heavy atom. The summed E-state index contributed by atoms with van der Waals surface area (Å²) in [6, 6.07) is 2.97. The molecule has 2 aromatic heterocycles. The van der Waals surface area contributed by atoms with Gasteiger partial charge in [-0.2, -0.15) is 0 Å². The van der Waals surface area contributed by atoms with Crippen molar-refractivity contribution >= 4 is 50.6 Å². The monoisotopic (exact) mass is 449 g/mol. The normalized spacial score (nSPS) is 16.8. The Kier molecular flexibility index (Phi) is 5.85. The molecule has 3 heterocycles. The Morgan fingerprint density at radius 1 is 1.27 bits per heavy atom. The molecule has 0 fully saturated rings. The summed E-state index contributed by atoms with van der Waals surface area (Å²) in [6.45, 7) is 8.22. The van der Waals surface area contributed by atoms with Crippen LogP contribution in [0, 0.1) is 10.1 Å². The number of nitro groups is 1. The Morgan fingerprint density at radius 2 is 1.97 bits per heavy atom. The van der Waals surface area contributed by atoms with Crippen molar-refractivity contribution < 1.29 is 19.2 Å². The van der Waals surface area contributed by atoms with Gasteiger partial charge >= 0.3 is 11.0 Å². The van der Waals surface area contributed by atoms with Crippen LogP contribution >= 0.6 is 22.7 Å². The van der Waals surface area contributed by atoms with Crippen molar-refractivity contribution in [3.8, 4) is 0 Å². The molecule has 0 unspecified atom stereocenters. The number of methoxy groups -OCH3 is 1. The number of nitrogens with one attached hydrogen (secondary N) is 2. The lowest BCUT2D eigenvalue weighted by Crippen LogP contribution is -2.55. The van der Waals surface area contributed by atoms with E-state index in [0.717, 1.165) is 21.8 Å². The fourth-order valence-electron chi connectivity index (χ4n) is 3.77. The molecule has 0 atom stereocenters. The Labute approximate surface area is 182 Å². The molecule has 0 spiro atoms. The molecule has 1 aliphatic heterocycles. The molecule has 0 radical (unpaired) electrons. The average Bonchev–Trinajstić information content (AvgIpc) is 3.23. The third-order valence-electron chi connectivity index (χ3n) is 4.66. The topological polar surface area (TPSA) is 111 Å². The highest BCUT2D eigenvalue weighted by atomic mass is 32.1. The summed E-state index contributed by atoms with van der Waals surface area (Å²) >= 11 is 2.33. The van der Waals surface area contributed by atoms with Crippen LogP contribution in [-0.4, -0.2) is 29.4 Å².